The Morgan fingerprint density at radius 2 is 2.14 bits per heavy atom. The number of nitrogens with zero attached hydrogens (tertiary/aromatic N) is 1. The molecular weight excluding hydrogens is 378 g/mol. The van der Waals surface area contributed by atoms with Crippen molar-refractivity contribution in [2.24, 2.45) is 0 Å². The van der Waals surface area contributed by atoms with Crippen LogP contribution in [-0.4, -0.2) is 28.6 Å². The number of aromatic nitrogens is 1. The number of carboxylic acid groups (broad SMARTS) is 1. The quantitative estimate of drug-likeness (QED) is 0.707. The number of urea groups is 1. The topological polar surface area (TPSA) is 91.3 Å². The van der Waals surface area contributed by atoms with E-state index < -0.39 is 5.97 Å². The summed E-state index contributed by atoms with van der Waals surface area (Å²) in [4.78, 5) is 27.3. The highest BCUT2D eigenvalue weighted by molar-refractivity contribution is 9.11. The number of rotatable bonds is 6. The zero-order valence-corrected chi connectivity index (χ0v) is 14.0. The fraction of sp³-hybridized carbons (Fsp3) is 0.250. The first-order valence-electron chi connectivity index (χ1n) is 5.98. The maximum absolute atomic E-state index is 11.6. The third kappa shape index (κ3) is 5.10. The summed E-state index contributed by atoms with van der Waals surface area (Å²) in [5.74, 6) is -1.04. The van der Waals surface area contributed by atoms with Crippen LogP contribution in [0.1, 0.15) is 20.4 Å². The van der Waals surface area contributed by atoms with E-state index in [1.54, 1.807) is 11.3 Å². The molecule has 3 N–H and O–H groups in total. The number of thiazole rings is 1. The van der Waals surface area contributed by atoms with E-state index >= 15 is 0 Å². The van der Waals surface area contributed by atoms with Crippen LogP contribution in [0.5, 0.6) is 0 Å². The molecule has 0 aromatic carbocycles. The number of carboxylic acids is 1. The van der Waals surface area contributed by atoms with Crippen LogP contribution in [0.2, 0.25) is 0 Å². The predicted molar refractivity (Wildman–Crippen MR) is 85.0 cm³/mol. The molecule has 2 heterocycles. The molecule has 2 aromatic heterocycles. The second-order valence-electron chi connectivity index (χ2n) is 4.00. The molecule has 0 atom stereocenters. The lowest BCUT2D eigenvalue weighted by Crippen LogP contribution is -2.36. The van der Waals surface area contributed by atoms with Gasteiger partial charge in [0.15, 0.2) is 5.69 Å². The SMILES string of the molecule is O=C(NCCc1nc(C(=O)O)cs1)NCc1ccc(Br)s1. The number of carbonyl (C=O) groups is 2. The van der Waals surface area contributed by atoms with Crippen molar-refractivity contribution in [3.8, 4) is 0 Å². The molecule has 112 valence electrons. The molecule has 0 fully saturated rings. The Balaban J connectivity index is 1.67. The largest absolute Gasteiger partial charge is 0.476 e. The summed E-state index contributed by atoms with van der Waals surface area (Å²) in [7, 11) is 0. The van der Waals surface area contributed by atoms with Gasteiger partial charge in [-0.05, 0) is 28.1 Å². The van der Waals surface area contributed by atoms with Crippen molar-refractivity contribution in [2.75, 3.05) is 6.54 Å². The molecule has 0 saturated heterocycles. The number of halogens is 1. The van der Waals surface area contributed by atoms with Gasteiger partial charge < -0.3 is 15.7 Å². The first-order chi connectivity index (χ1) is 10.0. The van der Waals surface area contributed by atoms with Crippen molar-refractivity contribution in [3.63, 3.8) is 0 Å². The van der Waals surface area contributed by atoms with E-state index in [-0.39, 0.29) is 11.7 Å². The highest BCUT2D eigenvalue weighted by Crippen LogP contribution is 2.21. The van der Waals surface area contributed by atoms with Crippen molar-refractivity contribution in [2.45, 2.75) is 13.0 Å². The van der Waals surface area contributed by atoms with Crippen molar-refractivity contribution in [3.05, 3.63) is 36.9 Å². The van der Waals surface area contributed by atoms with Gasteiger partial charge in [-0.2, -0.15) is 0 Å². The smallest absolute Gasteiger partial charge is 0.355 e. The number of hydrogen-bond acceptors (Lipinski definition) is 5. The fourth-order valence-corrected chi connectivity index (χ4v) is 3.68. The molecule has 0 aliphatic carbocycles. The average Bonchev–Trinajstić information content (AvgIpc) is 3.05. The lowest BCUT2D eigenvalue weighted by molar-refractivity contribution is 0.0691. The summed E-state index contributed by atoms with van der Waals surface area (Å²) in [6, 6.07) is 3.62. The first kappa shape index (κ1) is 15.9. The van der Waals surface area contributed by atoms with Gasteiger partial charge in [0.1, 0.15) is 0 Å². The van der Waals surface area contributed by atoms with Crippen LogP contribution in [-0.2, 0) is 13.0 Å². The Morgan fingerprint density at radius 3 is 2.76 bits per heavy atom. The third-order valence-corrected chi connectivity index (χ3v) is 4.98. The molecule has 0 saturated carbocycles. The van der Waals surface area contributed by atoms with Gasteiger partial charge in [-0.15, -0.1) is 22.7 Å². The molecule has 2 aromatic rings. The molecule has 0 spiro atoms. The number of hydrogen-bond donors (Lipinski definition) is 3. The van der Waals surface area contributed by atoms with Gasteiger partial charge in [0.2, 0.25) is 0 Å². The average molecular weight is 390 g/mol. The van der Waals surface area contributed by atoms with Gasteiger partial charge in [0.05, 0.1) is 15.3 Å². The second-order valence-corrected chi connectivity index (χ2v) is 7.49. The van der Waals surface area contributed by atoms with Gasteiger partial charge in [-0.25, -0.2) is 14.6 Å². The fourth-order valence-electron chi connectivity index (χ4n) is 1.48. The van der Waals surface area contributed by atoms with E-state index in [2.05, 4.69) is 31.5 Å². The van der Waals surface area contributed by atoms with E-state index in [9.17, 15) is 9.59 Å². The molecule has 2 amide bonds. The number of carbonyl (C=O) groups excluding carboxylic acids is 1. The van der Waals surface area contributed by atoms with Crippen LogP contribution < -0.4 is 10.6 Å². The highest BCUT2D eigenvalue weighted by Gasteiger charge is 2.08. The van der Waals surface area contributed by atoms with Crippen molar-refractivity contribution in [1.82, 2.24) is 15.6 Å². The van der Waals surface area contributed by atoms with Crippen LogP contribution in [0.4, 0.5) is 4.79 Å². The molecule has 2 rings (SSSR count). The van der Waals surface area contributed by atoms with E-state index in [0.29, 0.717) is 24.5 Å². The van der Waals surface area contributed by atoms with E-state index in [4.69, 9.17) is 5.11 Å². The van der Waals surface area contributed by atoms with Crippen molar-refractivity contribution < 1.29 is 14.7 Å². The van der Waals surface area contributed by atoms with Crippen LogP contribution in [0.15, 0.2) is 21.3 Å². The van der Waals surface area contributed by atoms with Crippen LogP contribution >= 0.6 is 38.6 Å². The molecule has 0 aliphatic rings. The number of nitrogens with one attached hydrogen (secondary N) is 2. The lowest BCUT2D eigenvalue weighted by atomic mass is 10.4. The number of thiophene rings is 1. The summed E-state index contributed by atoms with van der Waals surface area (Å²) in [5.41, 5.74) is 0.0442. The summed E-state index contributed by atoms with van der Waals surface area (Å²) in [6.07, 6.45) is 0.510. The normalized spacial score (nSPS) is 10.3. The zero-order valence-electron chi connectivity index (χ0n) is 10.8. The molecule has 9 heteroatoms. The minimum absolute atomic E-state index is 0.0442. The summed E-state index contributed by atoms with van der Waals surface area (Å²) in [6.45, 7) is 0.884. The van der Waals surface area contributed by atoms with Gasteiger partial charge in [-0.3, -0.25) is 0 Å². The molecule has 21 heavy (non-hydrogen) atoms. The van der Waals surface area contributed by atoms with E-state index in [0.717, 1.165) is 8.66 Å². The molecular formula is C12H12BrN3O3S2. The molecule has 0 bridgehead atoms. The Bertz CT molecular complexity index is 641. The van der Waals surface area contributed by atoms with Gasteiger partial charge in [-0.1, -0.05) is 0 Å². The Morgan fingerprint density at radius 1 is 1.33 bits per heavy atom. The third-order valence-electron chi connectivity index (χ3n) is 2.45. The zero-order chi connectivity index (χ0) is 15.2. The summed E-state index contributed by atoms with van der Waals surface area (Å²) < 4.78 is 1.03. The van der Waals surface area contributed by atoms with E-state index in [1.165, 1.54) is 16.7 Å². The number of amides is 2. The standard InChI is InChI=1S/C12H12BrN3O3S2/c13-9-2-1-7(21-9)5-15-12(19)14-4-3-10-16-8(6-20-10)11(17)18/h1-2,6H,3-5H2,(H,17,18)(H2,14,15,19). The van der Waals surface area contributed by atoms with Gasteiger partial charge in [0.25, 0.3) is 0 Å². The summed E-state index contributed by atoms with van der Waals surface area (Å²) in [5, 5.41) is 16.4. The Hall–Kier alpha value is -1.45. The molecule has 6 nitrogen and oxygen atoms in total. The predicted octanol–water partition coefficient (Wildman–Crippen LogP) is 2.71. The lowest BCUT2D eigenvalue weighted by Gasteiger charge is -2.05. The first-order valence-corrected chi connectivity index (χ1v) is 8.47. The van der Waals surface area contributed by atoms with Gasteiger partial charge >= 0.3 is 12.0 Å². The highest BCUT2D eigenvalue weighted by atomic mass is 79.9. The van der Waals surface area contributed by atoms with Gasteiger partial charge in [0, 0.05) is 23.2 Å². The van der Waals surface area contributed by atoms with Crippen LogP contribution in [0, 0.1) is 0 Å². The maximum atomic E-state index is 11.6. The maximum Gasteiger partial charge on any atom is 0.355 e. The minimum atomic E-state index is -1.04. The molecule has 0 aliphatic heterocycles. The Labute approximate surface area is 137 Å². The van der Waals surface area contributed by atoms with Crippen LogP contribution in [0.3, 0.4) is 0 Å². The summed E-state index contributed by atoms with van der Waals surface area (Å²) >= 11 is 6.20. The van der Waals surface area contributed by atoms with Crippen molar-refractivity contribution in [1.29, 1.82) is 0 Å². The van der Waals surface area contributed by atoms with E-state index in [1.807, 2.05) is 12.1 Å². The number of aromatic carboxylic acids is 1. The monoisotopic (exact) mass is 389 g/mol. The van der Waals surface area contributed by atoms with Crippen LogP contribution in [0.25, 0.3) is 0 Å². The minimum Gasteiger partial charge on any atom is -0.476 e. The molecule has 0 radical (unpaired) electrons. The Kier molecular flexibility index (Phi) is 5.71. The molecule has 0 unspecified atom stereocenters. The van der Waals surface area contributed by atoms with Crippen molar-refractivity contribution >= 4 is 50.6 Å². The second kappa shape index (κ2) is 7.53.